The van der Waals surface area contributed by atoms with Crippen LogP contribution < -0.4 is 0 Å². The largest absolute Gasteiger partial charge is 0.313 e. The van der Waals surface area contributed by atoms with E-state index in [1.165, 1.54) is 0 Å². The van der Waals surface area contributed by atoms with Crippen molar-refractivity contribution in [1.29, 1.82) is 5.41 Å². The molecule has 72 valence electrons. The Hall–Kier alpha value is -0.850. The summed E-state index contributed by atoms with van der Waals surface area (Å²) in [5, 5.41) is 7.36. The van der Waals surface area contributed by atoms with Crippen molar-refractivity contribution in [3.63, 3.8) is 0 Å². The number of hydrogen-bond donors (Lipinski definition) is 1. The molecule has 1 nitrogen and oxygen atoms in total. The van der Waals surface area contributed by atoms with Gasteiger partial charge in [0.25, 0.3) is 0 Å². The molecule has 1 saturated carbocycles. The van der Waals surface area contributed by atoms with Crippen LogP contribution in [0.2, 0.25) is 0 Å². The minimum Gasteiger partial charge on any atom is -0.313 e. The molecule has 1 aliphatic carbocycles. The zero-order valence-corrected chi connectivity index (χ0v) is 8.59. The Balaban J connectivity index is 2.94. The summed E-state index contributed by atoms with van der Waals surface area (Å²) in [4.78, 5) is 0. The molecule has 0 amide bonds. The zero-order chi connectivity index (χ0) is 10.1. The molecule has 1 fully saturated rings. The van der Waals surface area contributed by atoms with Gasteiger partial charge in [0.05, 0.1) is 0 Å². The second-order valence-electron chi connectivity index (χ2n) is 3.96. The number of nitrogens with one attached hydrogen (secondary N) is 1. The van der Waals surface area contributed by atoms with Gasteiger partial charge in [0.15, 0.2) is 0 Å². The van der Waals surface area contributed by atoms with Crippen LogP contribution in [0.5, 0.6) is 0 Å². The molecule has 0 radical (unpaired) electrons. The molecule has 0 saturated heterocycles. The highest BCUT2D eigenvalue weighted by atomic mass is 14.6. The van der Waals surface area contributed by atoms with Crippen molar-refractivity contribution in [1.82, 2.24) is 0 Å². The van der Waals surface area contributed by atoms with E-state index in [0.29, 0.717) is 17.8 Å². The van der Waals surface area contributed by atoms with Crippen LogP contribution in [-0.2, 0) is 0 Å². The maximum absolute atomic E-state index is 7.36. The summed E-state index contributed by atoms with van der Waals surface area (Å²) in [5.74, 6) is 1.45. The molecule has 3 atom stereocenters. The van der Waals surface area contributed by atoms with Gasteiger partial charge >= 0.3 is 0 Å². The summed E-state index contributed by atoms with van der Waals surface area (Å²) >= 11 is 0. The predicted octanol–water partition coefficient (Wildman–Crippen LogP) is 3.29. The van der Waals surface area contributed by atoms with Crippen LogP contribution in [0.15, 0.2) is 25.3 Å². The summed E-state index contributed by atoms with van der Waals surface area (Å²) in [7, 11) is 0. The minimum absolute atomic E-state index is 0.0803. The molecule has 1 N–H and O–H groups in total. The van der Waals surface area contributed by atoms with Crippen LogP contribution in [-0.4, -0.2) is 6.21 Å². The molecule has 1 aliphatic rings. The van der Waals surface area contributed by atoms with Gasteiger partial charge in [-0.05, 0) is 18.1 Å². The summed E-state index contributed by atoms with van der Waals surface area (Å²) in [6.07, 6.45) is 6.71. The number of rotatable bonds is 4. The molecule has 0 aromatic rings. The monoisotopic (exact) mass is 177 g/mol. The van der Waals surface area contributed by atoms with Crippen molar-refractivity contribution in [3.05, 3.63) is 25.3 Å². The highest BCUT2D eigenvalue weighted by Crippen LogP contribution is 2.58. The first-order chi connectivity index (χ1) is 6.17. The van der Waals surface area contributed by atoms with Crippen LogP contribution in [0.3, 0.4) is 0 Å². The topological polar surface area (TPSA) is 23.9 Å². The van der Waals surface area contributed by atoms with Crippen molar-refractivity contribution < 1.29 is 0 Å². The minimum atomic E-state index is 0.0803. The lowest BCUT2D eigenvalue weighted by molar-refractivity contribution is 0.00461. The van der Waals surface area contributed by atoms with Crippen molar-refractivity contribution in [3.8, 4) is 0 Å². The lowest BCUT2D eigenvalue weighted by atomic mass is 9.47. The summed E-state index contributed by atoms with van der Waals surface area (Å²) in [6, 6.07) is 0. The molecule has 1 rings (SSSR count). The molecule has 3 unspecified atom stereocenters. The first-order valence-corrected chi connectivity index (χ1v) is 4.95. The van der Waals surface area contributed by atoms with Crippen LogP contribution in [0.25, 0.3) is 0 Å². The van der Waals surface area contributed by atoms with Crippen LogP contribution in [0.1, 0.15) is 20.3 Å². The van der Waals surface area contributed by atoms with E-state index in [1.807, 2.05) is 12.2 Å². The Bertz CT molecular complexity index is 221. The highest BCUT2D eigenvalue weighted by molar-refractivity contribution is 5.61. The van der Waals surface area contributed by atoms with Crippen LogP contribution in [0.4, 0.5) is 0 Å². The second kappa shape index (κ2) is 3.49. The molecule has 0 aromatic carbocycles. The molecule has 13 heavy (non-hydrogen) atoms. The van der Waals surface area contributed by atoms with Crippen molar-refractivity contribution in [2.75, 3.05) is 0 Å². The normalized spacial score (nSPS) is 36.0. The number of hydrogen-bond acceptors (Lipinski definition) is 1. The summed E-state index contributed by atoms with van der Waals surface area (Å²) in [6.45, 7) is 12.2. The predicted molar refractivity (Wildman–Crippen MR) is 58.0 cm³/mol. The average molecular weight is 177 g/mol. The van der Waals surface area contributed by atoms with Crippen LogP contribution >= 0.6 is 0 Å². The van der Waals surface area contributed by atoms with Crippen molar-refractivity contribution >= 4 is 6.21 Å². The van der Waals surface area contributed by atoms with E-state index >= 15 is 0 Å². The Morgan fingerprint density at radius 2 is 1.92 bits per heavy atom. The first-order valence-electron chi connectivity index (χ1n) is 4.95. The van der Waals surface area contributed by atoms with Gasteiger partial charge in [-0.15, -0.1) is 13.2 Å². The molecule has 0 bridgehead atoms. The smallest absolute Gasteiger partial charge is 0.0122 e. The van der Waals surface area contributed by atoms with Gasteiger partial charge in [0.2, 0.25) is 0 Å². The van der Waals surface area contributed by atoms with Gasteiger partial charge < -0.3 is 5.41 Å². The standard InChI is InChI=1S/C12H19N/c1-5-11-10(8-13)9(4)12(11,6-2)7-3/h6-11,13H,2-3,5H2,1,4H3. The van der Waals surface area contributed by atoms with E-state index in [-0.39, 0.29) is 5.41 Å². The van der Waals surface area contributed by atoms with Crippen molar-refractivity contribution in [2.24, 2.45) is 23.2 Å². The number of allylic oxidation sites excluding steroid dienone is 2. The fourth-order valence-corrected chi connectivity index (χ4v) is 2.88. The third kappa shape index (κ3) is 1.10. The Morgan fingerprint density at radius 3 is 2.23 bits per heavy atom. The third-order valence-electron chi connectivity index (χ3n) is 3.81. The average Bonchev–Trinajstić information content (AvgIpc) is 2.16. The van der Waals surface area contributed by atoms with E-state index in [1.54, 1.807) is 6.21 Å². The van der Waals surface area contributed by atoms with Gasteiger partial charge in [-0.3, -0.25) is 0 Å². The molecular weight excluding hydrogens is 158 g/mol. The second-order valence-corrected chi connectivity index (χ2v) is 3.96. The fraction of sp³-hybridized carbons (Fsp3) is 0.583. The maximum atomic E-state index is 7.36. The Kier molecular flexibility index (Phi) is 2.74. The first kappa shape index (κ1) is 10.2. The fourth-order valence-electron chi connectivity index (χ4n) is 2.88. The highest BCUT2D eigenvalue weighted by Gasteiger charge is 2.54. The van der Waals surface area contributed by atoms with Crippen molar-refractivity contribution in [2.45, 2.75) is 20.3 Å². The maximum Gasteiger partial charge on any atom is 0.0122 e. The Morgan fingerprint density at radius 1 is 1.38 bits per heavy atom. The molecule has 0 heterocycles. The van der Waals surface area contributed by atoms with E-state index < -0.39 is 0 Å². The Labute approximate surface area is 81.1 Å². The molecule has 0 aliphatic heterocycles. The quantitative estimate of drug-likeness (QED) is 0.503. The molecule has 1 heteroatoms. The lowest BCUT2D eigenvalue weighted by Gasteiger charge is -2.57. The summed E-state index contributed by atoms with van der Waals surface area (Å²) < 4.78 is 0. The molecule has 0 aromatic heterocycles. The van der Waals surface area contributed by atoms with Gasteiger partial charge in [-0.2, -0.15) is 0 Å². The van der Waals surface area contributed by atoms with Gasteiger partial charge in [-0.1, -0.05) is 32.4 Å². The van der Waals surface area contributed by atoms with Gasteiger partial charge in [0, 0.05) is 11.3 Å². The van der Waals surface area contributed by atoms with Gasteiger partial charge in [0.1, 0.15) is 0 Å². The lowest BCUT2D eigenvalue weighted by Crippen LogP contribution is -2.53. The van der Waals surface area contributed by atoms with Gasteiger partial charge in [-0.25, -0.2) is 0 Å². The van der Waals surface area contributed by atoms with E-state index in [0.717, 1.165) is 6.42 Å². The molecule has 0 spiro atoms. The summed E-state index contributed by atoms with van der Waals surface area (Å²) in [5.41, 5.74) is 0.0803. The zero-order valence-electron chi connectivity index (χ0n) is 8.59. The molecular formula is C12H19N. The van der Waals surface area contributed by atoms with Crippen LogP contribution in [0, 0.1) is 28.6 Å². The third-order valence-corrected chi connectivity index (χ3v) is 3.81. The van der Waals surface area contributed by atoms with E-state index in [2.05, 4.69) is 27.0 Å². The van der Waals surface area contributed by atoms with E-state index in [9.17, 15) is 0 Å². The SMILES string of the molecule is C=CC1(C=C)C(C)C(C=N)C1CC. The van der Waals surface area contributed by atoms with E-state index in [4.69, 9.17) is 5.41 Å².